The highest BCUT2D eigenvalue weighted by molar-refractivity contribution is 5.43. The molecule has 0 amide bonds. The Balaban J connectivity index is 2.51. The fourth-order valence-corrected chi connectivity index (χ4v) is 1.68. The zero-order valence-electron chi connectivity index (χ0n) is 8.10. The fourth-order valence-electron chi connectivity index (χ4n) is 1.68. The first-order valence-corrected chi connectivity index (χ1v) is 4.49. The van der Waals surface area contributed by atoms with Gasteiger partial charge in [0.15, 0.2) is 0 Å². The van der Waals surface area contributed by atoms with E-state index in [-0.39, 0.29) is 5.92 Å². The monoisotopic (exact) mass is 180 g/mol. The zero-order chi connectivity index (χ0) is 9.64. The van der Waals surface area contributed by atoms with E-state index in [0.29, 0.717) is 5.75 Å². The Morgan fingerprint density at radius 1 is 1.46 bits per heavy atom. The SMILES string of the molecule is Cc1ccc2c(c1)C(C)C(C)(F)O2. The Morgan fingerprint density at radius 2 is 2.15 bits per heavy atom. The molecule has 2 atom stereocenters. The molecule has 0 saturated heterocycles. The Morgan fingerprint density at radius 3 is 2.85 bits per heavy atom. The van der Waals surface area contributed by atoms with E-state index in [1.54, 1.807) is 0 Å². The van der Waals surface area contributed by atoms with Crippen LogP contribution in [0.3, 0.4) is 0 Å². The van der Waals surface area contributed by atoms with E-state index in [1.165, 1.54) is 6.92 Å². The third kappa shape index (κ3) is 1.21. The second-order valence-corrected chi connectivity index (χ2v) is 3.85. The first kappa shape index (κ1) is 8.54. The standard InChI is InChI=1S/C11H13FO/c1-7-4-5-10-9(6-7)8(2)11(3,12)13-10/h4-6,8H,1-3H3. The van der Waals surface area contributed by atoms with Gasteiger partial charge in [0.25, 0.3) is 5.85 Å². The molecule has 0 saturated carbocycles. The molecule has 1 aromatic carbocycles. The van der Waals surface area contributed by atoms with Crippen LogP contribution in [0.2, 0.25) is 0 Å². The first-order valence-electron chi connectivity index (χ1n) is 4.49. The molecule has 13 heavy (non-hydrogen) atoms. The number of aryl methyl sites for hydroxylation is 1. The number of halogens is 1. The molecule has 1 nitrogen and oxygen atoms in total. The summed E-state index contributed by atoms with van der Waals surface area (Å²) in [5.41, 5.74) is 2.12. The quantitative estimate of drug-likeness (QED) is 0.595. The minimum absolute atomic E-state index is 0.178. The van der Waals surface area contributed by atoms with E-state index in [0.717, 1.165) is 11.1 Å². The molecule has 1 aromatic rings. The van der Waals surface area contributed by atoms with Crippen LogP contribution in [0, 0.1) is 6.92 Å². The lowest BCUT2D eigenvalue weighted by Gasteiger charge is -2.17. The van der Waals surface area contributed by atoms with Crippen molar-refractivity contribution in [3.8, 4) is 5.75 Å². The summed E-state index contributed by atoms with van der Waals surface area (Å²) in [6, 6.07) is 5.77. The van der Waals surface area contributed by atoms with Crippen LogP contribution < -0.4 is 4.74 Å². The Labute approximate surface area is 77.5 Å². The Hall–Kier alpha value is -1.05. The van der Waals surface area contributed by atoms with Crippen LogP contribution in [-0.2, 0) is 0 Å². The molecule has 0 aromatic heterocycles. The summed E-state index contributed by atoms with van der Waals surface area (Å²) in [5.74, 6) is -1.04. The maximum absolute atomic E-state index is 13.7. The van der Waals surface area contributed by atoms with Crippen LogP contribution in [0.1, 0.15) is 30.9 Å². The molecule has 1 heterocycles. The molecule has 2 heteroatoms. The maximum Gasteiger partial charge on any atom is 0.252 e. The van der Waals surface area contributed by atoms with Crippen molar-refractivity contribution in [2.45, 2.75) is 32.5 Å². The highest BCUT2D eigenvalue weighted by Crippen LogP contribution is 2.45. The summed E-state index contributed by atoms with van der Waals surface area (Å²) >= 11 is 0. The number of alkyl halides is 1. The van der Waals surface area contributed by atoms with Crippen molar-refractivity contribution < 1.29 is 9.13 Å². The van der Waals surface area contributed by atoms with Crippen molar-refractivity contribution in [2.75, 3.05) is 0 Å². The molecule has 0 spiro atoms. The van der Waals surface area contributed by atoms with Crippen molar-refractivity contribution in [3.05, 3.63) is 29.3 Å². The second-order valence-electron chi connectivity index (χ2n) is 3.85. The molecule has 2 rings (SSSR count). The van der Waals surface area contributed by atoms with Gasteiger partial charge in [-0.05, 0) is 13.0 Å². The van der Waals surface area contributed by atoms with Gasteiger partial charge < -0.3 is 4.74 Å². The lowest BCUT2D eigenvalue weighted by molar-refractivity contribution is -0.0420. The molecule has 70 valence electrons. The summed E-state index contributed by atoms with van der Waals surface area (Å²) in [7, 11) is 0. The predicted octanol–water partition coefficient (Wildman–Crippen LogP) is 3.18. The van der Waals surface area contributed by atoms with Gasteiger partial charge >= 0.3 is 0 Å². The topological polar surface area (TPSA) is 9.23 Å². The van der Waals surface area contributed by atoms with Gasteiger partial charge in [0.2, 0.25) is 0 Å². The van der Waals surface area contributed by atoms with Gasteiger partial charge in [-0.2, -0.15) is 4.39 Å². The van der Waals surface area contributed by atoms with E-state index in [2.05, 4.69) is 0 Å². The molecule has 1 aliphatic rings. The van der Waals surface area contributed by atoms with Gasteiger partial charge in [0.1, 0.15) is 5.75 Å². The number of ether oxygens (including phenoxy) is 1. The van der Waals surface area contributed by atoms with Crippen LogP contribution in [-0.4, -0.2) is 5.85 Å². The van der Waals surface area contributed by atoms with Crippen LogP contribution in [0.15, 0.2) is 18.2 Å². The molecule has 0 bridgehead atoms. The largest absolute Gasteiger partial charge is 0.457 e. The number of fused-ring (bicyclic) bond motifs is 1. The average Bonchev–Trinajstić information content (AvgIpc) is 2.26. The van der Waals surface area contributed by atoms with Crippen LogP contribution in [0.5, 0.6) is 5.75 Å². The molecular weight excluding hydrogens is 167 g/mol. The van der Waals surface area contributed by atoms with Crippen LogP contribution >= 0.6 is 0 Å². The van der Waals surface area contributed by atoms with E-state index in [4.69, 9.17) is 4.74 Å². The number of hydrogen-bond acceptors (Lipinski definition) is 1. The van der Waals surface area contributed by atoms with E-state index in [9.17, 15) is 4.39 Å². The van der Waals surface area contributed by atoms with Gasteiger partial charge in [-0.15, -0.1) is 0 Å². The molecule has 0 radical (unpaired) electrons. The molecule has 0 fully saturated rings. The van der Waals surface area contributed by atoms with Gasteiger partial charge in [0.05, 0.1) is 5.92 Å². The molecule has 0 aliphatic carbocycles. The van der Waals surface area contributed by atoms with Gasteiger partial charge in [0, 0.05) is 12.5 Å². The summed E-state index contributed by atoms with van der Waals surface area (Å²) in [6.45, 7) is 5.33. The van der Waals surface area contributed by atoms with Crippen molar-refractivity contribution in [1.29, 1.82) is 0 Å². The van der Waals surface area contributed by atoms with Crippen molar-refractivity contribution in [2.24, 2.45) is 0 Å². The maximum atomic E-state index is 13.7. The first-order chi connectivity index (χ1) is 6.00. The minimum atomic E-state index is -1.55. The normalized spacial score (nSPS) is 31.2. The predicted molar refractivity (Wildman–Crippen MR) is 49.7 cm³/mol. The fraction of sp³-hybridized carbons (Fsp3) is 0.455. The second kappa shape index (κ2) is 2.47. The zero-order valence-corrected chi connectivity index (χ0v) is 8.10. The van der Waals surface area contributed by atoms with Gasteiger partial charge in [-0.1, -0.05) is 24.6 Å². The Kier molecular flexibility index (Phi) is 1.62. The lowest BCUT2D eigenvalue weighted by atomic mass is 9.96. The van der Waals surface area contributed by atoms with Crippen molar-refractivity contribution >= 4 is 0 Å². The van der Waals surface area contributed by atoms with E-state index < -0.39 is 5.85 Å². The van der Waals surface area contributed by atoms with Crippen molar-refractivity contribution in [3.63, 3.8) is 0 Å². The lowest BCUT2D eigenvalue weighted by Crippen LogP contribution is -2.26. The number of benzene rings is 1. The molecule has 2 unspecified atom stereocenters. The Bertz CT molecular complexity index is 344. The third-order valence-electron chi connectivity index (χ3n) is 2.71. The van der Waals surface area contributed by atoms with E-state index >= 15 is 0 Å². The van der Waals surface area contributed by atoms with Gasteiger partial charge in [-0.25, -0.2) is 0 Å². The molecular formula is C11H13FO. The van der Waals surface area contributed by atoms with Gasteiger partial charge in [-0.3, -0.25) is 0 Å². The summed E-state index contributed by atoms with van der Waals surface area (Å²) in [5, 5.41) is 0. The highest BCUT2D eigenvalue weighted by Gasteiger charge is 2.42. The molecule has 0 N–H and O–H groups in total. The van der Waals surface area contributed by atoms with Crippen molar-refractivity contribution in [1.82, 2.24) is 0 Å². The number of hydrogen-bond donors (Lipinski definition) is 0. The number of rotatable bonds is 0. The van der Waals surface area contributed by atoms with Crippen LogP contribution in [0.25, 0.3) is 0 Å². The average molecular weight is 180 g/mol. The third-order valence-corrected chi connectivity index (χ3v) is 2.71. The summed E-state index contributed by atoms with van der Waals surface area (Å²) in [4.78, 5) is 0. The minimum Gasteiger partial charge on any atom is -0.457 e. The summed E-state index contributed by atoms with van der Waals surface area (Å²) < 4.78 is 18.9. The summed E-state index contributed by atoms with van der Waals surface area (Å²) in [6.07, 6.45) is 0. The highest BCUT2D eigenvalue weighted by atomic mass is 19.2. The van der Waals surface area contributed by atoms with E-state index in [1.807, 2.05) is 32.0 Å². The molecule has 1 aliphatic heterocycles. The van der Waals surface area contributed by atoms with Crippen LogP contribution in [0.4, 0.5) is 4.39 Å². The smallest absolute Gasteiger partial charge is 0.252 e.